The largest absolute Gasteiger partial charge is 0.336 e. The van der Waals surface area contributed by atoms with Gasteiger partial charge in [0.05, 0.1) is 5.69 Å². The maximum absolute atomic E-state index is 12.8. The van der Waals surface area contributed by atoms with Crippen molar-refractivity contribution in [2.45, 2.75) is 30.0 Å². The van der Waals surface area contributed by atoms with Gasteiger partial charge in [-0.1, -0.05) is 18.7 Å². The van der Waals surface area contributed by atoms with Gasteiger partial charge in [0.2, 0.25) is 0 Å². The SMILES string of the molecule is CCN1CCN(C(=O)c2ccc3c(c2)NC(=O)C(N2CCCC2)S3)CC1. The van der Waals surface area contributed by atoms with Gasteiger partial charge < -0.3 is 15.1 Å². The summed E-state index contributed by atoms with van der Waals surface area (Å²) < 4.78 is 0. The average Bonchev–Trinajstić information content (AvgIpc) is 3.21. The van der Waals surface area contributed by atoms with Gasteiger partial charge in [-0.25, -0.2) is 0 Å². The van der Waals surface area contributed by atoms with Gasteiger partial charge in [-0.05, 0) is 50.7 Å². The van der Waals surface area contributed by atoms with Crippen LogP contribution in [0.1, 0.15) is 30.1 Å². The summed E-state index contributed by atoms with van der Waals surface area (Å²) in [5.41, 5.74) is 1.43. The first kappa shape index (κ1) is 17.8. The molecule has 0 spiro atoms. The van der Waals surface area contributed by atoms with Crippen LogP contribution in [0, 0.1) is 0 Å². The van der Waals surface area contributed by atoms with Crippen LogP contribution in [0.5, 0.6) is 0 Å². The van der Waals surface area contributed by atoms with Gasteiger partial charge in [-0.15, -0.1) is 0 Å². The Bertz CT molecular complexity index is 697. The van der Waals surface area contributed by atoms with E-state index in [0.29, 0.717) is 5.56 Å². The van der Waals surface area contributed by atoms with Gasteiger partial charge in [0.25, 0.3) is 11.8 Å². The lowest BCUT2D eigenvalue weighted by Gasteiger charge is -2.34. The van der Waals surface area contributed by atoms with Crippen LogP contribution in [0.25, 0.3) is 0 Å². The van der Waals surface area contributed by atoms with E-state index in [-0.39, 0.29) is 17.2 Å². The number of carbonyl (C=O) groups excluding carboxylic acids is 2. The first-order chi connectivity index (χ1) is 12.7. The van der Waals surface area contributed by atoms with E-state index in [2.05, 4.69) is 22.0 Å². The Balaban J connectivity index is 1.47. The molecule has 2 amide bonds. The number of thioether (sulfide) groups is 1. The summed E-state index contributed by atoms with van der Waals surface area (Å²) in [5, 5.41) is 2.88. The Hall–Kier alpha value is -1.57. The number of amides is 2. The Morgan fingerprint density at radius 1 is 1.15 bits per heavy atom. The van der Waals surface area contributed by atoms with Crippen LogP contribution in [0.4, 0.5) is 5.69 Å². The Labute approximate surface area is 158 Å². The lowest BCUT2D eigenvalue weighted by atomic mass is 10.1. The standard InChI is InChI=1S/C19H26N4O2S/c1-2-21-9-11-22(12-10-21)18(25)14-5-6-16-15(13-14)20-17(24)19(26-16)23-7-3-4-8-23/h5-6,13,19H,2-4,7-12H2,1H3,(H,20,24). The van der Waals surface area contributed by atoms with E-state index in [1.54, 1.807) is 11.8 Å². The zero-order chi connectivity index (χ0) is 18.1. The zero-order valence-corrected chi connectivity index (χ0v) is 16.1. The van der Waals surface area contributed by atoms with E-state index in [9.17, 15) is 9.59 Å². The molecule has 0 radical (unpaired) electrons. The second kappa shape index (κ2) is 7.58. The fourth-order valence-electron chi connectivity index (χ4n) is 3.90. The van der Waals surface area contributed by atoms with Gasteiger partial charge in [0.1, 0.15) is 5.37 Å². The fraction of sp³-hybridized carbons (Fsp3) is 0.579. The normalized spacial score (nSPS) is 24.4. The molecular formula is C19H26N4O2S. The number of rotatable bonds is 3. The molecule has 6 nitrogen and oxygen atoms in total. The molecule has 0 bridgehead atoms. The molecular weight excluding hydrogens is 348 g/mol. The number of anilines is 1. The van der Waals surface area contributed by atoms with Crippen LogP contribution in [-0.2, 0) is 4.79 Å². The van der Waals surface area contributed by atoms with E-state index < -0.39 is 0 Å². The third-order valence-corrected chi connectivity index (χ3v) is 6.87. The number of nitrogens with zero attached hydrogens (tertiary/aromatic N) is 3. The van der Waals surface area contributed by atoms with Crippen LogP contribution < -0.4 is 5.32 Å². The second-order valence-electron chi connectivity index (χ2n) is 7.14. The highest BCUT2D eigenvalue weighted by Gasteiger charge is 2.34. The molecule has 3 aliphatic heterocycles. The predicted molar refractivity (Wildman–Crippen MR) is 104 cm³/mol. The van der Waals surface area contributed by atoms with E-state index in [0.717, 1.165) is 69.2 Å². The summed E-state index contributed by atoms with van der Waals surface area (Å²) in [6, 6.07) is 5.73. The van der Waals surface area contributed by atoms with E-state index in [1.165, 1.54) is 0 Å². The molecule has 0 aliphatic carbocycles. The summed E-state index contributed by atoms with van der Waals surface area (Å²) in [6.45, 7) is 8.54. The van der Waals surface area contributed by atoms with Gasteiger partial charge in [-0.2, -0.15) is 0 Å². The molecule has 7 heteroatoms. The average molecular weight is 375 g/mol. The number of benzene rings is 1. The van der Waals surface area contributed by atoms with Gasteiger partial charge in [-0.3, -0.25) is 14.5 Å². The molecule has 1 N–H and O–H groups in total. The summed E-state index contributed by atoms with van der Waals surface area (Å²) in [4.78, 5) is 32.9. The highest BCUT2D eigenvalue weighted by atomic mass is 32.2. The fourth-order valence-corrected chi connectivity index (χ4v) is 5.05. The number of likely N-dealkylation sites (N-methyl/N-ethyl adjacent to an activating group) is 1. The third kappa shape index (κ3) is 3.48. The molecule has 0 saturated carbocycles. The van der Waals surface area contributed by atoms with Crippen LogP contribution in [0.3, 0.4) is 0 Å². The zero-order valence-electron chi connectivity index (χ0n) is 15.2. The number of carbonyl (C=O) groups is 2. The predicted octanol–water partition coefficient (Wildman–Crippen LogP) is 1.93. The molecule has 2 fully saturated rings. The van der Waals surface area contributed by atoms with Crippen molar-refractivity contribution in [3.63, 3.8) is 0 Å². The summed E-state index contributed by atoms with van der Waals surface area (Å²) in [6.07, 6.45) is 2.33. The minimum atomic E-state index is -0.145. The Morgan fingerprint density at radius 3 is 2.58 bits per heavy atom. The van der Waals surface area contributed by atoms with Crippen LogP contribution in [0.2, 0.25) is 0 Å². The van der Waals surface area contributed by atoms with Crippen molar-refractivity contribution in [2.75, 3.05) is 51.1 Å². The lowest BCUT2D eigenvalue weighted by molar-refractivity contribution is -0.118. The molecule has 4 rings (SSSR count). The van der Waals surface area contributed by atoms with Crippen molar-refractivity contribution in [1.29, 1.82) is 0 Å². The first-order valence-corrected chi connectivity index (χ1v) is 10.4. The number of likely N-dealkylation sites (tertiary alicyclic amines) is 1. The van der Waals surface area contributed by atoms with Crippen molar-refractivity contribution >= 4 is 29.3 Å². The van der Waals surface area contributed by atoms with Crippen LogP contribution in [0.15, 0.2) is 23.1 Å². The molecule has 2 saturated heterocycles. The molecule has 0 aromatic heterocycles. The Morgan fingerprint density at radius 2 is 1.88 bits per heavy atom. The molecule has 1 unspecified atom stereocenters. The van der Waals surface area contributed by atoms with Crippen molar-refractivity contribution < 1.29 is 9.59 Å². The van der Waals surface area contributed by atoms with E-state index in [1.807, 2.05) is 23.1 Å². The highest BCUT2D eigenvalue weighted by Crippen LogP contribution is 2.38. The molecule has 3 aliphatic rings. The molecule has 1 aromatic rings. The smallest absolute Gasteiger partial charge is 0.254 e. The number of hydrogen-bond donors (Lipinski definition) is 1. The molecule has 1 aromatic carbocycles. The minimum absolute atomic E-state index is 0.0329. The molecule has 1 atom stereocenters. The highest BCUT2D eigenvalue weighted by molar-refractivity contribution is 8.00. The monoisotopic (exact) mass is 374 g/mol. The van der Waals surface area contributed by atoms with Crippen molar-refractivity contribution in [3.8, 4) is 0 Å². The molecule has 140 valence electrons. The topological polar surface area (TPSA) is 55.9 Å². The van der Waals surface area contributed by atoms with E-state index in [4.69, 9.17) is 0 Å². The summed E-state index contributed by atoms with van der Waals surface area (Å²) in [5.74, 6) is 0.0926. The van der Waals surface area contributed by atoms with Gasteiger partial charge in [0, 0.05) is 36.6 Å². The van der Waals surface area contributed by atoms with Crippen molar-refractivity contribution in [2.24, 2.45) is 0 Å². The lowest BCUT2D eigenvalue weighted by Crippen LogP contribution is -2.48. The van der Waals surface area contributed by atoms with Crippen molar-refractivity contribution in [3.05, 3.63) is 23.8 Å². The van der Waals surface area contributed by atoms with Gasteiger partial charge in [0.15, 0.2) is 0 Å². The third-order valence-electron chi connectivity index (χ3n) is 5.53. The van der Waals surface area contributed by atoms with Gasteiger partial charge >= 0.3 is 0 Å². The number of nitrogens with one attached hydrogen (secondary N) is 1. The molecule has 26 heavy (non-hydrogen) atoms. The summed E-state index contributed by atoms with van der Waals surface area (Å²) in [7, 11) is 0. The minimum Gasteiger partial charge on any atom is -0.336 e. The van der Waals surface area contributed by atoms with Crippen LogP contribution >= 0.6 is 11.8 Å². The quantitative estimate of drug-likeness (QED) is 0.876. The maximum Gasteiger partial charge on any atom is 0.254 e. The number of hydrogen-bond acceptors (Lipinski definition) is 5. The van der Waals surface area contributed by atoms with E-state index >= 15 is 0 Å². The van der Waals surface area contributed by atoms with Crippen molar-refractivity contribution in [1.82, 2.24) is 14.7 Å². The Kier molecular flexibility index (Phi) is 5.20. The number of fused-ring (bicyclic) bond motifs is 1. The summed E-state index contributed by atoms with van der Waals surface area (Å²) >= 11 is 1.60. The maximum atomic E-state index is 12.8. The second-order valence-corrected chi connectivity index (χ2v) is 8.26. The first-order valence-electron chi connectivity index (χ1n) is 9.53. The van der Waals surface area contributed by atoms with Crippen LogP contribution in [-0.4, -0.2) is 77.7 Å². The number of piperazine rings is 1. The molecule has 3 heterocycles.